The van der Waals surface area contributed by atoms with Crippen molar-refractivity contribution in [2.24, 2.45) is 4.99 Å². The van der Waals surface area contributed by atoms with E-state index in [0.29, 0.717) is 0 Å². The summed E-state index contributed by atoms with van der Waals surface area (Å²) in [6.07, 6.45) is 1.58. The quantitative estimate of drug-likeness (QED) is 0.338. The van der Waals surface area contributed by atoms with E-state index in [1.165, 1.54) is 6.54 Å². The Morgan fingerprint density at radius 3 is 2.40 bits per heavy atom. The molecule has 0 fully saturated rings. The molecule has 28 valence electrons. The Morgan fingerprint density at radius 1 is 1.80 bits per heavy atom. The Kier molecular flexibility index (Phi) is 2.81. The third-order valence-corrected chi connectivity index (χ3v) is 0.211. The van der Waals surface area contributed by atoms with Crippen molar-refractivity contribution < 1.29 is 0 Å². The number of hydrogen-bond donors (Lipinski definition) is 0. The van der Waals surface area contributed by atoms with Gasteiger partial charge in [0.2, 0.25) is 0 Å². The van der Waals surface area contributed by atoms with Crippen LogP contribution in [0, 0.1) is 6.54 Å². The van der Waals surface area contributed by atoms with Crippen LogP contribution in [0.15, 0.2) is 17.6 Å². The van der Waals surface area contributed by atoms with Gasteiger partial charge in [0.15, 0.2) is 0 Å². The van der Waals surface area contributed by atoms with Gasteiger partial charge in [-0.25, -0.2) is 0 Å². The van der Waals surface area contributed by atoms with Gasteiger partial charge in [0.25, 0.3) is 0 Å². The molecule has 0 saturated carbocycles. The fourth-order valence-electron chi connectivity index (χ4n) is 0.0745. The molecule has 0 N–H and O–H groups in total. The van der Waals surface area contributed by atoms with Gasteiger partial charge >= 0.3 is 0 Å². The highest BCUT2D eigenvalue weighted by molar-refractivity contribution is 5.25. The molecule has 0 bridgehead atoms. The van der Waals surface area contributed by atoms with Gasteiger partial charge in [-0.1, -0.05) is 6.54 Å². The second-order valence-electron chi connectivity index (χ2n) is 0.567. The minimum atomic E-state index is 1.53. The molecule has 0 aromatic carbocycles. The van der Waals surface area contributed by atoms with E-state index in [2.05, 4.69) is 18.3 Å². The summed E-state index contributed by atoms with van der Waals surface area (Å²) in [5, 5.41) is 0. The molecule has 0 spiro atoms. The van der Waals surface area contributed by atoms with Crippen LogP contribution in [0.4, 0.5) is 0 Å². The van der Waals surface area contributed by atoms with Crippen molar-refractivity contribution in [2.45, 2.75) is 0 Å². The van der Waals surface area contributed by atoms with E-state index < -0.39 is 0 Å². The average molecular weight is 68.1 g/mol. The van der Waals surface area contributed by atoms with Gasteiger partial charge in [-0.2, -0.15) is 12.7 Å². The maximum atomic E-state index is 3.36. The summed E-state index contributed by atoms with van der Waals surface area (Å²) in [6.45, 7) is 8.06. The van der Waals surface area contributed by atoms with Gasteiger partial charge in [0, 0.05) is 0 Å². The highest BCUT2D eigenvalue weighted by Gasteiger charge is 1.40. The molecule has 5 heavy (non-hydrogen) atoms. The molecule has 0 saturated heterocycles. The second-order valence-corrected chi connectivity index (χ2v) is 0.567. The molecular formula is C4H6N-. The first-order valence-corrected chi connectivity index (χ1v) is 1.32. The van der Waals surface area contributed by atoms with Gasteiger partial charge in [-0.15, -0.1) is 6.72 Å². The Hall–Kier alpha value is -0.720. The number of aliphatic imine (C=N–C) groups is 1. The Bertz CT molecular complexity index is 32.9. The number of nitrogens with zero attached hydrogens (tertiary/aromatic N) is 1. The van der Waals surface area contributed by atoms with E-state index in [-0.39, 0.29) is 0 Å². The molecule has 0 unspecified atom stereocenters. The largest absolute Gasteiger partial charge is 0.397 e. The molecule has 0 aromatic heterocycles. The van der Waals surface area contributed by atoms with Crippen molar-refractivity contribution in [3.8, 4) is 0 Å². The van der Waals surface area contributed by atoms with Crippen molar-refractivity contribution in [3.05, 3.63) is 19.2 Å². The molecule has 0 rings (SSSR count). The summed E-state index contributed by atoms with van der Waals surface area (Å²) >= 11 is 0. The summed E-state index contributed by atoms with van der Waals surface area (Å²) in [6, 6.07) is 0. The molecular weight excluding hydrogens is 62.1 g/mol. The van der Waals surface area contributed by atoms with E-state index >= 15 is 0 Å². The molecule has 0 radical (unpaired) electrons. The highest BCUT2D eigenvalue weighted by Crippen LogP contribution is 1.70. The number of hydrogen-bond acceptors (Lipinski definition) is 1. The molecule has 1 heteroatoms. The lowest BCUT2D eigenvalue weighted by Gasteiger charge is -1.78. The molecule has 0 aliphatic carbocycles. The van der Waals surface area contributed by atoms with Crippen molar-refractivity contribution in [2.75, 3.05) is 0 Å². The molecule has 1 nitrogen and oxygen atoms in total. The summed E-state index contributed by atoms with van der Waals surface area (Å²) in [4.78, 5) is 3.36. The lowest BCUT2D eigenvalue weighted by atomic mass is 10.7. The van der Waals surface area contributed by atoms with Crippen LogP contribution in [0.2, 0.25) is 0 Å². The van der Waals surface area contributed by atoms with Gasteiger partial charge in [0.1, 0.15) is 0 Å². The maximum absolute atomic E-state index is 3.36. The third-order valence-electron chi connectivity index (χ3n) is 0.211. The fourth-order valence-corrected chi connectivity index (χ4v) is 0.0745. The summed E-state index contributed by atoms with van der Waals surface area (Å²) in [7, 11) is 0. The van der Waals surface area contributed by atoms with Crippen LogP contribution in [0.3, 0.4) is 0 Å². The Balaban J connectivity index is 2.65. The standard InChI is InChI=1S/C4H6N/c1-3-4-5-2/h3-4H,1-2H2/q-1. The van der Waals surface area contributed by atoms with Crippen molar-refractivity contribution in [1.82, 2.24) is 0 Å². The number of rotatable bonds is 2. The Morgan fingerprint density at radius 2 is 2.40 bits per heavy atom. The molecule has 0 aliphatic rings. The predicted molar refractivity (Wildman–Crippen MR) is 24.0 cm³/mol. The minimum absolute atomic E-state index is 1.53. The minimum Gasteiger partial charge on any atom is -0.397 e. The molecule has 0 aliphatic heterocycles. The molecule has 0 heterocycles. The van der Waals surface area contributed by atoms with Gasteiger partial charge in [0.05, 0.1) is 0 Å². The predicted octanol–water partition coefficient (Wildman–Crippen LogP) is 1.03. The lowest BCUT2D eigenvalue weighted by Crippen LogP contribution is -1.48. The maximum Gasteiger partial charge on any atom is -0.0865 e. The van der Waals surface area contributed by atoms with E-state index in [1.54, 1.807) is 6.08 Å². The summed E-state index contributed by atoms with van der Waals surface area (Å²) in [5.74, 6) is 0. The average Bonchev–Trinajstić information content (AvgIpc) is 1.41. The molecule has 0 amide bonds. The SMILES string of the molecule is C=C[CH-]N=C. The van der Waals surface area contributed by atoms with Gasteiger partial charge < -0.3 is 4.99 Å². The van der Waals surface area contributed by atoms with Crippen LogP contribution in [0.5, 0.6) is 0 Å². The van der Waals surface area contributed by atoms with Crippen LogP contribution in [0.25, 0.3) is 0 Å². The summed E-state index contributed by atoms with van der Waals surface area (Å²) in [5.41, 5.74) is 0. The van der Waals surface area contributed by atoms with E-state index in [0.717, 1.165) is 0 Å². The van der Waals surface area contributed by atoms with Crippen molar-refractivity contribution in [3.63, 3.8) is 0 Å². The van der Waals surface area contributed by atoms with Crippen LogP contribution in [0.1, 0.15) is 0 Å². The van der Waals surface area contributed by atoms with Crippen molar-refractivity contribution >= 4 is 6.72 Å². The molecule has 0 aromatic rings. The second kappa shape index (κ2) is 3.28. The lowest BCUT2D eigenvalue weighted by molar-refractivity contribution is 1.47. The van der Waals surface area contributed by atoms with Crippen LogP contribution >= 0.6 is 0 Å². The monoisotopic (exact) mass is 68.1 g/mol. The highest BCUT2D eigenvalue weighted by atomic mass is 14.6. The smallest absolute Gasteiger partial charge is 0.0865 e. The zero-order valence-corrected chi connectivity index (χ0v) is 3.02. The first kappa shape index (κ1) is 4.28. The van der Waals surface area contributed by atoms with Crippen LogP contribution in [-0.2, 0) is 0 Å². The zero-order valence-electron chi connectivity index (χ0n) is 3.02. The van der Waals surface area contributed by atoms with E-state index in [4.69, 9.17) is 0 Å². The fraction of sp³-hybridized carbons (Fsp3) is 0. The summed E-state index contributed by atoms with van der Waals surface area (Å²) < 4.78 is 0. The zero-order chi connectivity index (χ0) is 4.12. The normalized spacial score (nSPS) is 5.60. The van der Waals surface area contributed by atoms with Gasteiger partial charge in [-0.3, -0.25) is 0 Å². The van der Waals surface area contributed by atoms with Crippen LogP contribution in [-0.4, -0.2) is 6.72 Å². The topological polar surface area (TPSA) is 12.4 Å². The first-order valence-electron chi connectivity index (χ1n) is 1.32. The third kappa shape index (κ3) is 3.28. The van der Waals surface area contributed by atoms with Crippen LogP contribution < -0.4 is 0 Å². The van der Waals surface area contributed by atoms with E-state index in [1.807, 2.05) is 0 Å². The van der Waals surface area contributed by atoms with E-state index in [9.17, 15) is 0 Å². The van der Waals surface area contributed by atoms with Crippen molar-refractivity contribution in [1.29, 1.82) is 0 Å². The first-order chi connectivity index (χ1) is 2.41. The Labute approximate surface area is 32.0 Å². The molecule has 0 atom stereocenters. The van der Waals surface area contributed by atoms with Gasteiger partial charge in [-0.05, 0) is 0 Å².